The number of hydrogen-bond donors (Lipinski definition) is 2. The molecule has 2 heterocycles. The van der Waals surface area contributed by atoms with E-state index in [1.807, 2.05) is 0 Å². The summed E-state index contributed by atoms with van der Waals surface area (Å²) in [5.74, 6) is -0.0133. The van der Waals surface area contributed by atoms with Gasteiger partial charge in [0.2, 0.25) is 11.8 Å². The quantitative estimate of drug-likeness (QED) is 0.255. The van der Waals surface area contributed by atoms with Crippen molar-refractivity contribution in [2.75, 3.05) is 17.7 Å². The molecule has 0 bridgehead atoms. The third-order valence-corrected chi connectivity index (χ3v) is 7.26. The highest BCUT2D eigenvalue weighted by atomic mass is 32.2. The van der Waals surface area contributed by atoms with Gasteiger partial charge in [0.1, 0.15) is 5.60 Å². The number of nitrogens with one attached hydrogen (secondary N) is 2. The minimum atomic E-state index is -3.89. The Hall–Kier alpha value is -4.90. The van der Waals surface area contributed by atoms with Crippen molar-refractivity contribution < 1.29 is 27.5 Å². The van der Waals surface area contributed by atoms with Crippen LogP contribution in [0.2, 0.25) is 0 Å². The Morgan fingerprint density at radius 1 is 0.927 bits per heavy atom. The van der Waals surface area contributed by atoms with Crippen LogP contribution in [0.1, 0.15) is 26.3 Å². The van der Waals surface area contributed by atoms with Crippen molar-refractivity contribution >= 4 is 39.5 Å². The first kappa shape index (κ1) is 29.1. The van der Waals surface area contributed by atoms with Crippen molar-refractivity contribution in [3.8, 4) is 17.0 Å². The first-order chi connectivity index (χ1) is 19.4. The number of amides is 2. The second kappa shape index (κ2) is 12.1. The number of methoxy groups -OCH3 is 1. The van der Waals surface area contributed by atoms with Crippen molar-refractivity contribution in [3.05, 3.63) is 97.0 Å². The molecule has 0 aliphatic carbocycles. The standard InChI is InChI=1S/C30H30N4O6S/c1-30(2,3)40-29(36)33-26-11-6-5-10-25(26)32-27(35)14-12-21-16-17-34(20-21)41(37,38)24-9-7-8-22(18-24)23-13-15-28(39-4)31-19-23/h5-20H,1-4H3,(H,32,35)(H,33,36)/b14-12+. The summed E-state index contributed by atoms with van der Waals surface area (Å²) in [5.41, 5.74) is 2.00. The Morgan fingerprint density at radius 2 is 1.66 bits per heavy atom. The van der Waals surface area contributed by atoms with E-state index in [-0.39, 0.29) is 4.90 Å². The van der Waals surface area contributed by atoms with Crippen LogP contribution in [0.4, 0.5) is 16.2 Å². The molecule has 0 spiro atoms. The summed E-state index contributed by atoms with van der Waals surface area (Å²) in [5, 5.41) is 5.33. The van der Waals surface area contributed by atoms with Gasteiger partial charge in [-0.2, -0.15) is 0 Å². The molecule has 0 saturated carbocycles. The molecule has 4 aromatic rings. The molecular weight excluding hydrogens is 544 g/mol. The van der Waals surface area contributed by atoms with Crippen molar-refractivity contribution in [1.82, 2.24) is 8.96 Å². The minimum absolute atomic E-state index is 0.101. The maximum absolute atomic E-state index is 13.3. The number of pyridine rings is 1. The van der Waals surface area contributed by atoms with Gasteiger partial charge < -0.3 is 14.8 Å². The average molecular weight is 575 g/mol. The molecule has 2 N–H and O–H groups in total. The number of anilines is 2. The Morgan fingerprint density at radius 3 is 2.32 bits per heavy atom. The molecule has 0 aliphatic rings. The van der Waals surface area contributed by atoms with E-state index in [9.17, 15) is 18.0 Å². The summed E-state index contributed by atoms with van der Waals surface area (Å²) in [6.07, 6.45) is 6.55. The highest BCUT2D eigenvalue weighted by Crippen LogP contribution is 2.25. The van der Waals surface area contributed by atoms with E-state index in [1.165, 1.54) is 37.7 Å². The molecular formula is C30H30N4O6S. The number of benzene rings is 2. The van der Waals surface area contributed by atoms with Gasteiger partial charge in [-0.1, -0.05) is 24.3 Å². The fourth-order valence-corrected chi connectivity index (χ4v) is 4.98. The number of para-hydroxylation sites is 2. The molecule has 2 amide bonds. The summed E-state index contributed by atoms with van der Waals surface area (Å²) in [6, 6.07) is 18.3. The van der Waals surface area contributed by atoms with Gasteiger partial charge in [0.15, 0.2) is 0 Å². The van der Waals surface area contributed by atoms with Gasteiger partial charge in [0, 0.05) is 36.3 Å². The van der Waals surface area contributed by atoms with Crippen molar-refractivity contribution in [3.63, 3.8) is 0 Å². The lowest BCUT2D eigenvalue weighted by Gasteiger charge is -2.20. The van der Waals surface area contributed by atoms with Gasteiger partial charge >= 0.3 is 6.09 Å². The van der Waals surface area contributed by atoms with E-state index < -0.39 is 27.6 Å². The van der Waals surface area contributed by atoms with E-state index in [2.05, 4.69) is 15.6 Å². The van der Waals surface area contributed by atoms with Crippen LogP contribution in [0, 0.1) is 0 Å². The Bertz CT molecular complexity index is 1690. The van der Waals surface area contributed by atoms with Gasteiger partial charge in [0.05, 0.1) is 23.4 Å². The number of carbonyl (C=O) groups excluding carboxylic acids is 2. The van der Waals surface area contributed by atoms with Gasteiger partial charge in [-0.3, -0.25) is 10.1 Å². The molecule has 41 heavy (non-hydrogen) atoms. The Balaban J connectivity index is 1.45. The molecule has 0 saturated heterocycles. The van der Waals surface area contributed by atoms with Gasteiger partial charge in [0.25, 0.3) is 10.0 Å². The Labute approximate surface area is 238 Å². The van der Waals surface area contributed by atoms with Crippen LogP contribution < -0.4 is 15.4 Å². The van der Waals surface area contributed by atoms with Gasteiger partial charge in [-0.25, -0.2) is 22.2 Å². The lowest BCUT2D eigenvalue weighted by atomic mass is 10.1. The number of aromatic nitrogens is 2. The second-order valence-electron chi connectivity index (χ2n) is 9.89. The summed E-state index contributed by atoms with van der Waals surface area (Å²) in [7, 11) is -2.37. The molecule has 4 rings (SSSR count). The van der Waals surface area contributed by atoms with E-state index in [0.29, 0.717) is 28.4 Å². The van der Waals surface area contributed by atoms with Crippen LogP contribution in [-0.4, -0.2) is 42.1 Å². The molecule has 0 aliphatic heterocycles. The monoisotopic (exact) mass is 574 g/mol. The normalized spacial score (nSPS) is 11.7. The fraction of sp³-hybridized carbons (Fsp3) is 0.167. The lowest BCUT2D eigenvalue weighted by molar-refractivity contribution is -0.111. The van der Waals surface area contributed by atoms with Crippen molar-refractivity contribution in [2.24, 2.45) is 0 Å². The van der Waals surface area contributed by atoms with Crippen molar-refractivity contribution in [2.45, 2.75) is 31.3 Å². The zero-order valence-electron chi connectivity index (χ0n) is 23.0. The fourth-order valence-electron chi connectivity index (χ4n) is 3.73. The number of nitrogens with zero attached hydrogens (tertiary/aromatic N) is 2. The van der Waals surface area contributed by atoms with Crippen LogP contribution in [0.3, 0.4) is 0 Å². The predicted octanol–water partition coefficient (Wildman–Crippen LogP) is 5.79. The number of hydrogen-bond acceptors (Lipinski definition) is 7. The predicted molar refractivity (Wildman–Crippen MR) is 157 cm³/mol. The van der Waals surface area contributed by atoms with E-state index in [0.717, 1.165) is 9.54 Å². The second-order valence-corrected chi connectivity index (χ2v) is 11.7. The SMILES string of the molecule is COc1ccc(-c2cccc(S(=O)(=O)n3ccc(/C=C/C(=O)Nc4ccccc4NC(=O)OC(C)(C)C)c3)c2)cn1. The number of rotatable bonds is 8. The summed E-state index contributed by atoms with van der Waals surface area (Å²) in [4.78, 5) is 29.0. The molecule has 0 atom stereocenters. The number of ether oxygens (including phenoxy) is 2. The van der Waals surface area contributed by atoms with Crippen LogP contribution >= 0.6 is 0 Å². The topological polar surface area (TPSA) is 129 Å². The van der Waals surface area contributed by atoms with E-state index in [1.54, 1.807) is 87.6 Å². The largest absolute Gasteiger partial charge is 0.481 e. The van der Waals surface area contributed by atoms with Crippen LogP contribution in [0.25, 0.3) is 17.2 Å². The van der Waals surface area contributed by atoms with Crippen LogP contribution in [0.5, 0.6) is 5.88 Å². The maximum Gasteiger partial charge on any atom is 0.412 e. The summed E-state index contributed by atoms with van der Waals surface area (Å²) < 4.78 is 38.0. The molecule has 0 unspecified atom stereocenters. The summed E-state index contributed by atoms with van der Waals surface area (Å²) >= 11 is 0. The first-order valence-corrected chi connectivity index (χ1v) is 14.0. The zero-order valence-corrected chi connectivity index (χ0v) is 23.8. The molecule has 0 radical (unpaired) electrons. The van der Waals surface area contributed by atoms with Crippen molar-refractivity contribution in [1.29, 1.82) is 0 Å². The first-order valence-electron chi connectivity index (χ1n) is 12.6. The highest BCUT2D eigenvalue weighted by Gasteiger charge is 2.19. The zero-order chi connectivity index (χ0) is 29.6. The van der Waals surface area contributed by atoms with Crippen LogP contribution in [-0.2, 0) is 19.6 Å². The molecule has 10 nitrogen and oxygen atoms in total. The third kappa shape index (κ3) is 7.61. The molecule has 2 aromatic carbocycles. The number of carbonyl (C=O) groups is 2. The maximum atomic E-state index is 13.3. The molecule has 0 fully saturated rings. The minimum Gasteiger partial charge on any atom is -0.481 e. The molecule has 2 aromatic heterocycles. The van der Waals surface area contributed by atoms with Gasteiger partial charge in [-0.05, 0) is 74.4 Å². The molecule has 11 heteroatoms. The Kier molecular flexibility index (Phi) is 8.58. The lowest BCUT2D eigenvalue weighted by Crippen LogP contribution is -2.27. The summed E-state index contributed by atoms with van der Waals surface area (Å²) in [6.45, 7) is 5.25. The average Bonchev–Trinajstić information content (AvgIpc) is 3.42. The smallest absolute Gasteiger partial charge is 0.412 e. The van der Waals surface area contributed by atoms with E-state index >= 15 is 0 Å². The van der Waals surface area contributed by atoms with E-state index in [4.69, 9.17) is 9.47 Å². The highest BCUT2D eigenvalue weighted by molar-refractivity contribution is 7.90. The van der Waals surface area contributed by atoms with Crippen LogP contribution in [0.15, 0.2) is 96.3 Å². The molecule has 212 valence electrons. The van der Waals surface area contributed by atoms with Gasteiger partial charge in [-0.15, -0.1) is 0 Å². The third-order valence-electron chi connectivity index (χ3n) is 5.63.